The van der Waals surface area contributed by atoms with Crippen LogP contribution in [0, 0.1) is 5.82 Å². The molecule has 21 heavy (non-hydrogen) atoms. The van der Waals surface area contributed by atoms with Crippen molar-refractivity contribution in [2.24, 2.45) is 0 Å². The zero-order chi connectivity index (χ0) is 16.0. The van der Waals surface area contributed by atoms with Crippen LogP contribution in [-0.4, -0.2) is 31.2 Å². The quantitative estimate of drug-likeness (QED) is 0.527. The summed E-state index contributed by atoms with van der Waals surface area (Å²) in [7, 11) is 0. The molecule has 4 nitrogen and oxygen atoms in total. The van der Waals surface area contributed by atoms with Gasteiger partial charge in [0.1, 0.15) is 5.82 Å². The summed E-state index contributed by atoms with van der Waals surface area (Å²) in [6, 6.07) is 5.50. The molecule has 0 saturated heterocycles. The summed E-state index contributed by atoms with van der Waals surface area (Å²) in [6.07, 6.45) is -4.68. The van der Waals surface area contributed by atoms with E-state index in [1.54, 1.807) is 6.92 Å². The van der Waals surface area contributed by atoms with Crippen LogP contribution in [0.1, 0.15) is 18.4 Å². The number of hydrogen-bond acceptors (Lipinski definition) is 3. The summed E-state index contributed by atoms with van der Waals surface area (Å²) in [4.78, 5) is 22.2. The third-order valence-electron chi connectivity index (χ3n) is 2.56. The van der Waals surface area contributed by atoms with Crippen LogP contribution in [0.15, 0.2) is 24.3 Å². The van der Waals surface area contributed by atoms with Crippen molar-refractivity contribution in [1.29, 1.82) is 0 Å². The average Bonchev–Trinajstić information content (AvgIpc) is 2.41. The molecule has 0 heterocycles. The number of ether oxygens (including phenoxy) is 1. The van der Waals surface area contributed by atoms with Crippen LogP contribution in [0.25, 0.3) is 0 Å². The van der Waals surface area contributed by atoms with Crippen molar-refractivity contribution in [3.63, 3.8) is 0 Å². The first-order valence-corrected chi connectivity index (χ1v) is 5.96. The molecule has 0 bridgehead atoms. The molecule has 1 aromatic carbocycles. The molecule has 0 aliphatic rings. The van der Waals surface area contributed by atoms with Crippen LogP contribution >= 0.6 is 0 Å². The highest BCUT2D eigenvalue weighted by molar-refractivity contribution is 6.32. The number of alkyl halides is 3. The fourth-order valence-electron chi connectivity index (χ4n) is 1.44. The van der Waals surface area contributed by atoms with E-state index in [0.717, 1.165) is 0 Å². The Balaban J connectivity index is 2.41. The molecule has 0 aliphatic carbocycles. The van der Waals surface area contributed by atoms with Crippen LogP contribution in [0.5, 0.6) is 0 Å². The minimum Gasteiger partial charge on any atom is -0.449 e. The monoisotopic (exact) mass is 307 g/mol. The highest BCUT2D eigenvalue weighted by Crippen LogP contribution is 2.15. The van der Waals surface area contributed by atoms with E-state index in [9.17, 15) is 27.2 Å². The van der Waals surface area contributed by atoms with Crippen LogP contribution < -0.4 is 5.32 Å². The lowest BCUT2D eigenvalue weighted by molar-refractivity contribution is -0.187. The van der Waals surface area contributed by atoms with Crippen LogP contribution in [0.4, 0.5) is 17.6 Å². The lowest BCUT2D eigenvalue weighted by Crippen LogP contribution is -2.36. The fourth-order valence-corrected chi connectivity index (χ4v) is 1.44. The zero-order valence-corrected chi connectivity index (χ0v) is 11.0. The number of carbonyl (C=O) groups excluding carboxylic acids is 2. The summed E-state index contributed by atoms with van der Waals surface area (Å²) < 4.78 is 51.9. The fraction of sp³-hybridized carbons (Fsp3) is 0.385. The topological polar surface area (TPSA) is 55.4 Å². The maximum Gasteiger partial charge on any atom is 0.422 e. The molecule has 0 saturated carbocycles. The van der Waals surface area contributed by atoms with Crippen molar-refractivity contribution >= 4 is 11.9 Å². The van der Waals surface area contributed by atoms with Crippen molar-refractivity contribution in [1.82, 2.24) is 5.32 Å². The molecule has 1 aromatic rings. The summed E-state index contributed by atoms with van der Waals surface area (Å²) in [5.41, 5.74) is 0.709. The predicted octanol–water partition coefficient (Wildman–Crippen LogP) is 2.15. The largest absolute Gasteiger partial charge is 0.449 e. The van der Waals surface area contributed by atoms with Gasteiger partial charge in [0.05, 0.1) is 0 Å². The first-order chi connectivity index (χ1) is 9.69. The van der Waals surface area contributed by atoms with Gasteiger partial charge in [0.15, 0.2) is 6.61 Å². The lowest BCUT2D eigenvalue weighted by atomic mass is 10.0. The second kappa shape index (κ2) is 7.05. The molecule has 1 amide bonds. The van der Waals surface area contributed by atoms with Crippen molar-refractivity contribution < 1.29 is 31.9 Å². The molecular formula is C13H13F4NO3. The van der Waals surface area contributed by atoms with E-state index in [0.29, 0.717) is 5.56 Å². The van der Waals surface area contributed by atoms with E-state index in [1.807, 2.05) is 0 Å². The SMILES string of the molecule is C[C@@H](CNC(=O)C(=O)OCC(F)(F)F)c1ccc(F)cc1. The number of hydrogen-bond donors (Lipinski definition) is 1. The molecule has 0 aromatic heterocycles. The Morgan fingerprint density at radius 1 is 1.24 bits per heavy atom. The van der Waals surface area contributed by atoms with Gasteiger partial charge < -0.3 is 10.1 Å². The summed E-state index contributed by atoms with van der Waals surface area (Å²) >= 11 is 0. The highest BCUT2D eigenvalue weighted by Gasteiger charge is 2.31. The summed E-state index contributed by atoms with van der Waals surface area (Å²) in [6.45, 7) is -0.104. The van der Waals surface area contributed by atoms with Crippen molar-refractivity contribution in [2.75, 3.05) is 13.2 Å². The molecular weight excluding hydrogens is 294 g/mol. The molecule has 1 rings (SSSR count). The van der Waals surface area contributed by atoms with E-state index >= 15 is 0 Å². The van der Waals surface area contributed by atoms with Crippen LogP contribution in [0.3, 0.4) is 0 Å². The number of esters is 1. The number of nitrogens with one attached hydrogen (secondary N) is 1. The predicted molar refractivity (Wildman–Crippen MR) is 64.8 cm³/mol. The van der Waals surface area contributed by atoms with Gasteiger partial charge in [-0.25, -0.2) is 9.18 Å². The third kappa shape index (κ3) is 6.24. The van der Waals surface area contributed by atoms with Crippen molar-refractivity contribution in [3.05, 3.63) is 35.6 Å². The summed E-state index contributed by atoms with van der Waals surface area (Å²) in [5, 5.41) is 2.16. The van der Waals surface area contributed by atoms with E-state index in [2.05, 4.69) is 10.1 Å². The van der Waals surface area contributed by atoms with Gasteiger partial charge in [0.2, 0.25) is 0 Å². The van der Waals surface area contributed by atoms with Gasteiger partial charge in [-0.05, 0) is 23.6 Å². The summed E-state index contributed by atoms with van der Waals surface area (Å²) in [5.74, 6) is -3.51. The molecule has 8 heteroatoms. The maximum absolute atomic E-state index is 12.7. The van der Waals surface area contributed by atoms with E-state index < -0.39 is 30.5 Å². The maximum atomic E-state index is 12.7. The smallest absolute Gasteiger partial charge is 0.422 e. The van der Waals surface area contributed by atoms with Gasteiger partial charge in [0, 0.05) is 6.54 Å². The molecule has 0 spiro atoms. The minimum atomic E-state index is -4.68. The Bertz CT molecular complexity index is 499. The van der Waals surface area contributed by atoms with Gasteiger partial charge in [0.25, 0.3) is 0 Å². The Morgan fingerprint density at radius 3 is 2.33 bits per heavy atom. The molecule has 0 radical (unpaired) electrons. The van der Waals surface area contributed by atoms with E-state index in [-0.39, 0.29) is 12.5 Å². The minimum absolute atomic E-state index is 0.00554. The van der Waals surface area contributed by atoms with E-state index in [4.69, 9.17) is 0 Å². The van der Waals surface area contributed by atoms with E-state index in [1.165, 1.54) is 24.3 Å². The van der Waals surface area contributed by atoms with Gasteiger partial charge in [-0.2, -0.15) is 13.2 Å². The van der Waals surface area contributed by atoms with Gasteiger partial charge in [-0.15, -0.1) is 0 Å². The zero-order valence-electron chi connectivity index (χ0n) is 11.0. The number of rotatable bonds is 4. The second-order valence-electron chi connectivity index (χ2n) is 4.35. The highest BCUT2D eigenvalue weighted by atomic mass is 19.4. The molecule has 116 valence electrons. The van der Waals surface area contributed by atoms with Gasteiger partial charge in [-0.1, -0.05) is 19.1 Å². The number of carbonyl (C=O) groups is 2. The van der Waals surface area contributed by atoms with Crippen LogP contribution in [0.2, 0.25) is 0 Å². The molecule has 0 unspecified atom stereocenters. The van der Waals surface area contributed by atoms with Crippen molar-refractivity contribution in [3.8, 4) is 0 Å². The second-order valence-corrected chi connectivity index (χ2v) is 4.35. The third-order valence-corrected chi connectivity index (χ3v) is 2.56. The molecule has 0 fully saturated rings. The van der Waals surface area contributed by atoms with Gasteiger partial charge >= 0.3 is 18.1 Å². The Hall–Kier alpha value is -2.12. The average molecular weight is 307 g/mol. The number of amides is 1. The standard InChI is InChI=1S/C13H13F4NO3/c1-8(9-2-4-10(14)5-3-9)6-18-11(19)12(20)21-7-13(15,16)17/h2-5,8H,6-7H2,1H3,(H,18,19)/t8-/m0/s1. The molecule has 0 aliphatic heterocycles. The van der Waals surface area contributed by atoms with Gasteiger partial charge in [-0.3, -0.25) is 4.79 Å². The van der Waals surface area contributed by atoms with Crippen LogP contribution in [-0.2, 0) is 14.3 Å². The Morgan fingerprint density at radius 2 is 1.81 bits per heavy atom. The molecule has 1 N–H and O–H groups in total. The lowest BCUT2D eigenvalue weighted by Gasteiger charge is -2.13. The number of benzene rings is 1. The molecule has 1 atom stereocenters. The first-order valence-electron chi connectivity index (χ1n) is 5.96. The normalized spacial score (nSPS) is 12.6. The number of halogens is 4. The Labute approximate surface area is 118 Å². The van der Waals surface area contributed by atoms with Crippen molar-refractivity contribution in [2.45, 2.75) is 19.0 Å². The first kappa shape index (κ1) is 16.9. The Kier molecular flexibility index (Phi) is 5.69.